The van der Waals surface area contributed by atoms with Gasteiger partial charge < -0.3 is 0 Å². The standard InChI is InChI=1S/C16H17N3OS/c1-6-10-8-9-17-13-11(10)15(21-7-2)19-14(18-13)12(20)16(3,4)5/h1,8-9H,7H2,2-5H3. The largest absolute Gasteiger partial charge is 0.290 e. The number of Topliss-reactive ketones (excluding diaryl/α,β-unsaturated/α-hetero) is 1. The van der Waals surface area contributed by atoms with Gasteiger partial charge in [-0.25, -0.2) is 15.0 Å². The Labute approximate surface area is 128 Å². The lowest BCUT2D eigenvalue weighted by Crippen LogP contribution is -2.23. The molecule has 2 aromatic rings. The van der Waals surface area contributed by atoms with Crippen LogP contribution in [0.2, 0.25) is 0 Å². The molecule has 21 heavy (non-hydrogen) atoms. The summed E-state index contributed by atoms with van der Waals surface area (Å²) in [6.07, 6.45) is 7.15. The van der Waals surface area contributed by atoms with Crippen molar-refractivity contribution in [1.29, 1.82) is 0 Å². The van der Waals surface area contributed by atoms with Crippen molar-refractivity contribution in [2.24, 2.45) is 5.41 Å². The van der Waals surface area contributed by atoms with Gasteiger partial charge >= 0.3 is 0 Å². The third-order valence-corrected chi connectivity index (χ3v) is 3.74. The fraction of sp³-hybridized carbons (Fsp3) is 0.375. The van der Waals surface area contributed by atoms with E-state index in [-0.39, 0.29) is 11.6 Å². The Bertz CT molecular complexity index is 741. The highest BCUT2D eigenvalue weighted by atomic mass is 32.2. The van der Waals surface area contributed by atoms with Crippen LogP contribution in [0.5, 0.6) is 0 Å². The minimum atomic E-state index is -0.536. The van der Waals surface area contributed by atoms with Gasteiger partial charge in [0.1, 0.15) is 5.03 Å². The molecule has 0 aliphatic heterocycles. The third kappa shape index (κ3) is 3.06. The van der Waals surface area contributed by atoms with Crippen LogP contribution >= 0.6 is 11.8 Å². The Balaban J connectivity index is 2.74. The molecule has 2 aromatic heterocycles. The fourth-order valence-electron chi connectivity index (χ4n) is 1.82. The van der Waals surface area contributed by atoms with Crippen molar-refractivity contribution in [1.82, 2.24) is 15.0 Å². The van der Waals surface area contributed by atoms with Gasteiger partial charge in [-0.3, -0.25) is 4.79 Å². The second-order valence-electron chi connectivity index (χ2n) is 5.57. The van der Waals surface area contributed by atoms with Gasteiger partial charge in [-0.2, -0.15) is 0 Å². The molecule has 0 bridgehead atoms. The molecule has 0 aliphatic carbocycles. The Morgan fingerprint density at radius 3 is 2.67 bits per heavy atom. The molecule has 0 radical (unpaired) electrons. The molecule has 0 fully saturated rings. The summed E-state index contributed by atoms with van der Waals surface area (Å²) in [6, 6.07) is 1.76. The van der Waals surface area contributed by atoms with Crippen molar-refractivity contribution < 1.29 is 4.79 Å². The Morgan fingerprint density at radius 1 is 1.38 bits per heavy atom. The molecule has 0 spiro atoms. The number of thioether (sulfide) groups is 1. The normalized spacial score (nSPS) is 11.4. The van der Waals surface area contributed by atoms with E-state index >= 15 is 0 Å². The summed E-state index contributed by atoms with van der Waals surface area (Å²) in [5, 5.41) is 1.47. The summed E-state index contributed by atoms with van der Waals surface area (Å²) in [7, 11) is 0. The number of hydrogen-bond donors (Lipinski definition) is 0. The molecule has 108 valence electrons. The highest BCUT2D eigenvalue weighted by Crippen LogP contribution is 2.28. The third-order valence-electron chi connectivity index (χ3n) is 2.88. The van der Waals surface area contributed by atoms with E-state index in [1.54, 1.807) is 12.3 Å². The minimum Gasteiger partial charge on any atom is -0.290 e. The van der Waals surface area contributed by atoms with Crippen LogP contribution in [0.1, 0.15) is 43.9 Å². The molecule has 2 heterocycles. The number of nitrogens with zero attached hydrogens (tertiary/aromatic N) is 3. The molecule has 5 heteroatoms. The van der Waals surface area contributed by atoms with Crippen LogP contribution < -0.4 is 0 Å². The van der Waals surface area contributed by atoms with E-state index in [2.05, 4.69) is 20.9 Å². The number of hydrogen-bond acceptors (Lipinski definition) is 5. The summed E-state index contributed by atoms with van der Waals surface area (Å²) in [6.45, 7) is 7.57. The Kier molecular flexibility index (Phi) is 4.29. The lowest BCUT2D eigenvalue weighted by molar-refractivity contribution is 0.0846. The first-order chi connectivity index (χ1) is 9.88. The van der Waals surface area contributed by atoms with Gasteiger partial charge in [0, 0.05) is 17.2 Å². The summed E-state index contributed by atoms with van der Waals surface area (Å²) in [5.74, 6) is 3.56. The van der Waals surface area contributed by atoms with Crippen molar-refractivity contribution >= 4 is 28.6 Å². The fourth-order valence-corrected chi connectivity index (χ4v) is 2.59. The zero-order valence-electron chi connectivity index (χ0n) is 12.6. The summed E-state index contributed by atoms with van der Waals surface area (Å²) in [4.78, 5) is 25.4. The molecule has 4 nitrogen and oxygen atoms in total. The average molecular weight is 299 g/mol. The predicted molar refractivity (Wildman–Crippen MR) is 85.5 cm³/mol. The van der Waals surface area contributed by atoms with Crippen LogP contribution in [-0.2, 0) is 0 Å². The maximum absolute atomic E-state index is 12.4. The molecule has 0 unspecified atom stereocenters. The number of aromatic nitrogens is 3. The van der Waals surface area contributed by atoms with Crippen molar-refractivity contribution in [3.05, 3.63) is 23.7 Å². The molecule has 0 saturated heterocycles. The lowest BCUT2D eigenvalue weighted by Gasteiger charge is -2.16. The van der Waals surface area contributed by atoms with Gasteiger partial charge in [0.15, 0.2) is 11.5 Å². The van der Waals surface area contributed by atoms with Crippen LogP contribution in [0.25, 0.3) is 11.0 Å². The van der Waals surface area contributed by atoms with E-state index in [1.165, 1.54) is 11.8 Å². The van der Waals surface area contributed by atoms with Crippen LogP contribution in [0.15, 0.2) is 17.3 Å². The number of rotatable bonds is 3. The van der Waals surface area contributed by atoms with Crippen molar-refractivity contribution in [2.75, 3.05) is 5.75 Å². The first kappa shape index (κ1) is 15.5. The second-order valence-corrected chi connectivity index (χ2v) is 6.82. The SMILES string of the molecule is C#Cc1ccnc2nc(C(=O)C(C)(C)C)nc(SCC)c12. The van der Waals surface area contributed by atoms with Crippen molar-refractivity contribution in [3.63, 3.8) is 0 Å². The van der Waals surface area contributed by atoms with Crippen molar-refractivity contribution in [2.45, 2.75) is 32.7 Å². The summed E-state index contributed by atoms with van der Waals surface area (Å²) < 4.78 is 0. The van der Waals surface area contributed by atoms with E-state index in [9.17, 15) is 4.79 Å². The summed E-state index contributed by atoms with van der Waals surface area (Å²) in [5.41, 5.74) is 0.640. The van der Waals surface area contributed by atoms with Crippen LogP contribution in [-0.4, -0.2) is 26.5 Å². The summed E-state index contributed by atoms with van der Waals surface area (Å²) >= 11 is 1.54. The number of carbonyl (C=O) groups excluding carboxylic acids is 1. The van der Waals surface area contributed by atoms with E-state index < -0.39 is 5.41 Å². The van der Waals surface area contributed by atoms with Gasteiger partial charge in [-0.05, 0) is 11.8 Å². The van der Waals surface area contributed by atoms with E-state index in [4.69, 9.17) is 6.42 Å². The number of ketones is 1. The van der Waals surface area contributed by atoms with Gasteiger partial charge in [0.25, 0.3) is 0 Å². The van der Waals surface area contributed by atoms with E-state index in [1.807, 2.05) is 27.7 Å². The highest BCUT2D eigenvalue weighted by molar-refractivity contribution is 7.99. The average Bonchev–Trinajstić information content (AvgIpc) is 2.44. The first-order valence-electron chi connectivity index (χ1n) is 6.69. The molecular weight excluding hydrogens is 282 g/mol. The molecular formula is C16H17N3OS. The lowest BCUT2D eigenvalue weighted by atomic mass is 9.90. The zero-order valence-corrected chi connectivity index (χ0v) is 13.4. The Morgan fingerprint density at radius 2 is 2.10 bits per heavy atom. The topological polar surface area (TPSA) is 55.7 Å². The van der Waals surface area contributed by atoms with E-state index in [0.717, 1.165) is 16.2 Å². The second kappa shape index (κ2) is 5.82. The van der Waals surface area contributed by atoms with Gasteiger partial charge in [-0.15, -0.1) is 18.2 Å². The predicted octanol–water partition coefficient (Wildman–Crippen LogP) is 3.35. The maximum Gasteiger partial charge on any atom is 0.205 e. The molecule has 0 aliphatic rings. The van der Waals surface area contributed by atoms with Crippen LogP contribution in [0.4, 0.5) is 0 Å². The Hall–Kier alpha value is -1.93. The molecule has 0 atom stereocenters. The van der Waals surface area contributed by atoms with Crippen LogP contribution in [0, 0.1) is 17.8 Å². The maximum atomic E-state index is 12.4. The highest BCUT2D eigenvalue weighted by Gasteiger charge is 2.27. The first-order valence-corrected chi connectivity index (χ1v) is 7.68. The van der Waals surface area contributed by atoms with Gasteiger partial charge in [0.2, 0.25) is 5.78 Å². The number of terminal acetylenes is 1. The van der Waals surface area contributed by atoms with Crippen LogP contribution in [0.3, 0.4) is 0 Å². The molecule has 0 N–H and O–H groups in total. The quantitative estimate of drug-likeness (QED) is 0.376. The smallest absolute Gasteiger partial charge is 0.205 e. The number of fused-ring (bicyclic) bond motifs is 1. The van der Waals surface area contributed by atoms with E-state index in [0.29, 0.717) is 11.2 Å². The van der Waals surface area contributed by atoms with Crippen molar-refractivity contribution in [3.8, 4) is 12.3 Å². The minimum absolute atomic E-state index is 0.102. The zero-order chi connectivity index (χ0) is 15.6. The monoisotopic (exact) mass is 299 g/mol. The molecule has 2 rings (SSSR count). The number of pyridine rings is 1. The van der Waals surface area contributed by atoms with Gasteiger partial charge in [-0.1, -0.05) is 33.6 Å². The molecule has 0 aromatic carbocycles. The van der Waals surface area contributed by atoms with Gasteiger partial charge in [0.05, 0.1) is 5.39 Å². The molecule has 0 amide bonds. The number of carbonyl (C=O) groups is 1. The molecule has 0 saturated carbocycles.